The average molecular weight is 488 g/mol. The van der Waals surface area contributed by atoms with Crippen LogP contribution in [0.1, 0.15) is 40.3 Å². The number of thiophene rings is 1. The van der Waals surface area contributed by atoms with Gasteiger partial charge in [0.25, 0.3) is 5.91 Å². The van der Waals surface area contributed by atoms with Gasteiger partial charge in [-0.05, 0) is 36.1 Å². The number of likely N-dealkylation sites (tertiary alicyclic amines) is 1. The van der Waals surface area contributed by atoms with Crippen molar-refractivity contribution >= 4 is 39.3 Å². The maximum atomic E-state index is 13.4. The Balaban J connectivity index is 1.58. The molecule has 34 heavy (non-hydrogen) atoms. The third kappa shape index (κ3) is 3.21. The molecule has 11 heteroatoms. The van der Waals surface area contributed by atoms with Crippen molar-refractivity contribution in [3.63, 3.8) is 0 Å². The standard InChI is InChI=1S/C23H19F3N4O3S/c1-9-6-13(23(24,25)26)29-17(14(9)19(27)31)11-4-5-28-12-7-10(34-18(11)12)8-30-20(32)15-16(21(30)33)22(15,2)3/h4-7,15-16H,8H2,1-3H3,(H2,27,31). The lowest BCUT2D eigenvalue weighted by atomic mass is 10.00. The van der Waals surface area contributed by atoms with Crippen LogP contribution in [0.2, 0.25) is 0 Å². The SMILES string of the molecule is Cc1cc(C(F)(F)F)nc(-c2ccnc3cc(CN4C(=O)C5C(C4=O)C5(C)C)sc23)c1C(N)=O. The van der Waals surface area contributed by atoms with Crippen molar-refractivity contribution in [3.8, 4) is 11.3 Å². The summed E-state index contributed by atoms with van der Waals surface area (Å²) < 4.78 is 40.8. The largest absolute Gasteiger partial charge is 0.433 e. The van der Waals surface area contributed by atoms with E-state index in [0.29, 0.717) is 15.1 Å². The van der Waals surface area contributed by atoms with Crippen LogP contribution in [0.4, 0.5) is 13.2 Å². The second kappa shape index (κ2) is 7.08. The van der Waals surface area contributed by atoms with Crippen LogP contribution in [-0.4, -0.2) is 32.6 Å². The minimum atomic E-state index is -4.71. The van der Waals surface area contributed by atoms with E-state index in [9.17, 15) is 27.6 Å². The molecular formula is C23H19F3N4O3S. The molecule has 2 N–H and O–H groups in total. The number of rotatable bonds is 4. The first-order valence-corrected chi connectivity index (χ1v) is 11.3. The molecule has 0 aromatic carbocycles. The van der Waals surface area contributed by atoms with Crippen molar-refractivity contribution in [1.29, 1.82) is 0 Å². The highest BCUT2D eigenvalue weighted by atomic mass is 32.1. The number of nitrogens with two attached hydrogens (primary N) is 1. The van der Waals surface area contributed by atoms with Gasteiger partial charge in [0.1, 0.15) is 5.69 Å². The van der Waals surface area contributed by atoms with Gasteiger partial charge in [0.15, 0.2) is 0 Å². The number of aryl methyl sites for hydroxylation is 1. The Labute approximate surface area is 195 Å². The van der Waals surface area contributed by atoms with Gasteiger partial charge in [0, 0.05) is 16.6 Å². The molecule has 7 nitrogen and oxygen atoms in total. The highest BCUT2D eigenvalue weighted by molar-refractivity contribution is 7.19. The Morgan fingerprint density at radius 1 is 1.21 bits per heavy atom. The summed E-state index contributed by atoms with van der Waals surface area (Å²) in [5, 5.41) is 0. The first-order valence-electron chi connectivity index (χ1n) is 10.4. The summed E-state index contributed by atoms with van der Waals surface area (Å²) in [4.78, 5) is 47.4. The van der Waals surface area contributed by atoms with E-state index in [1.165, 1.54) is 35.4 Å². The van der Waals surface area contributed by atoms with Crippen LogP contribution in [0, 0.1) is 24.2 Å². The summed E-state index contributed by atoms with van der Waals surface area (Å²) in [7, 11) is 0. The molecule has 5 rings (SSSR count). The maximum Gasteiger partial charge on any atom is 0.433 e. The number of piperidine rings is 1. The smallest absolute Gasteiger partial charge is 0.366 e. The third-order valence-electron chi connectivity index (χ3n) is 6.68. The summed E-state index contributed by atoms with van der Waals surface area (Å²) in [5.74, 6) is -1.93. The van der Waals surface area contributed by atoms with E-state index >= 15 is 0 Å². The van der Waals surface area contributed by atoms with Gasteiger partial charge in [-0.15, -0.1) is 11.3 Å². The monoisotopic (exact) mass is 488 g/mol. The molecule has 2 atom stereocenters. The molecule has 2 aliphatic rings. The summed E-state index contributed by atoms with van der Waals surface area (Å²) in [5.41, 5.74) is 4.52. The van der Waals surface area contributed by atoms with Crippen molar-refractivity contribution in [2.45, 2.75) is 33.5 Å². The zero-order valence-corrected chi connectivity index (χ0v) is 19.2. The van der Waals surface area contributed by atoms with Crippen LogP contribution in [0.5, 0.6) is 0 Å². The first kappa shape index (κ1) is 22.5. The van der Waals surface area contributed by atoms with E-state index < -0.39 is 17.8 Å². The van der Waals surface area contributed by atoms with Crippen molar-refractivity contribution in [1.82, 2.24) is 14.9 Å². The molecule has 1 saturated carbocycles. The van der Waals surface area contributed by atoms with Crippen molar-refractivity contribution in [3.05, 3.63) is 46.1 Å². The number of fused-ring (bicyclic) bond motifs is 2. The molecule has 3 amide bonds. The van der Waals surface area contributed by atoms with Crippen LogP contribution in [-0.2, 0) is 22.3 Å². The van der Waals surface area contributed by atoms with Crippen molar-refractivity contribution < 1.29 is 27.6 Å². The number of hydrogen-bond acceptors (Lipinski definition) is 6. The highest BCUT2D eigenvalue weighted by Gasteiger charge is 2.72. The number of aromatic nitrogens is 2. The van der Waals surface area contributed by atoms with Crippen LogP contribution >= 0.6 is 11.3 Å². The molecule has 0 radical (unpaired) electrons. The number of primary amides is 1. The topological polar surface area (TPSA) is 106 Å². The number of amides is 3. The van der Waals surface area contributed by atoms with Crippen LogP contribution in [0.3, 0.4) is 0 Å². The molecule has 2 fully saturated rings. The maximum absolute atomic E-state index is 13.4. The Morgan fingerprint density at radius 3 is 2.44 bits per heavy atom. The van der Waals surface area contributed by atoms with Gasteiger partial charge in [-0.2, -0.15) is 13.2 Å². The number of carbonyl (C=O) groups is 3. The van der Waals surface area contributed by atoms with Crippen molar-refractivity contribution in [2.75, 3.05) is 0 Å². The molecule has 1 saturated heterocycles. The van der Waals surface area contributed by atoms with E-state index in [4.69, 9.17) is 5.73 Å². The summed E-state index contributed by atoms with van der Waals surface area (Å²) in [6.45, 7) is 5.21. The fourth-order valence-corrected chi connectivity index (χ4v) is 6.01. The van der Waals surface area contributed by atoms with E-state index in [2.05, 4.69) is 9.97 Å². The van der Waals surface area contributed by atoms with Gasteiger partial charge in [0.05, 0.1) is 39.9 Å². The lowest BCUT2D eigenvalue weighted by Crippen LogP contribution is -2.35. The van der Waals surface area contributed by atoms with Crippen LogP contribution in [0.25, 0.3) is 21.5 Å². The lowest BCUT2D eigenvalue weighted by Gasteiger charge is -2.19. The molecule has 0 spiro atoms. The van der Waals surface area contributed by atoms with Crippen molar-refractivity contribution in [2.24, 2.45) is 23.0 Å². The lowest BCUT2D eigenvalue weighted by molar-refractivity contribution is -0.144. The zero-order valence-electron chi connectivity index (χ0n) is 18.4. The Kier molecular flexibility index (Phi) is 4.68. The minimum absolute atomic E-state index is 0.0545. The van der Waals surface area contributed by atoms with E-state index in [1.54, 1.807) is 6.07 Å². The average Bonchev–Trinajstić information content (AvgIpc) is 2.99. The van der Waals surface area contributed by atoms with Gasteiger partial charge < -0.3 is 5.73 Å². The predicted octanol–water partition coefficient (Wildman–Crippen LogP) is 3.93. The molecule has 4 heterocycles. The predicted molar refractivity (Wildman–Crippen MR) is 117 cm³/mol. The zero-order chi connectivity index (χ0) is 24.7. The van der Waals surface area contributed by atoms with Gasteiger partial charge in [0.2, 0.25) is 11.8 Å². The molecule has 176 valence electrons. The summed E-state index contributed by atoms with van der Waals surface area (Å²) in [6, 6.07) is 3.95. The highest BCUT2D eigenvalue weighted by Crippen LogP contribution is 2.63. The fourth-order valence-electron chi connectivity index (χ4n) is 4.89. The Bertz CT molecular complexity index is 1390. The third-order valence-corrected chi connectivity index (χ3v) is 7.82. The molecule has 3 aromatic heterocycles. The number of hydrogen-bond donors (Lipinski definition) is 1. The number of carbonyl (C=O) groups excluding carboxylic acids is 3. The van der Waals surface area contributed by atoms with Gasteiger partial charge in [-0.3, -0.25) is 24.3 Å². The first-order chi connectivity index (χ1) is 15.8. The van der Waals surface area contributed by atoms with Crippen LogP contribution < -0.4 is 5.73 Å². The normalized spacial score (nSPS) is 21.3. The number of pyridine rings is 2. The number of alkyl halides is 3. The molecule has 0 bridgehead atoms. The molecular weight excluding hydrogens is 469 g/mol. The van der Waals surface area contributed by atoms with Gasteiger partial charge in [-0.1, -0.05) is 13.8 Å². The Hall–Kier alpha value is -3.34. The molecule has 3 aromatic rings. The number of halogens is 3. The second-order valence-corrected chi connectivity index (χ2v) is 10.4. The molecule has 1 aliphatic heterocycles. The van der Waals surface area contributed by atoms with E-state index in [0.717, 1.165) is 6.07 Å². The Morgan fingerprint density at radius 2 is 1.85 bits per heavy atom. The van der Waals surface area contributed by atoms with Gasteiger partial charge >= 0.3 is 6.18 Å². The molecule has 2 unspecified atom stereocenters. The number of nitrogens with zero attached hydrogens (tertiary/aromatic N) is 3. The minimum Gasteiger partial charge on any atom is -0.366 e. The fraction of sp³-hybridized carbons (Fsp3) is 0.348. The summed E-state index contributed by atoms with van der Waals surface area (Å²) in [6.07, 6.45) is -3.31. The second-order valence-electron chi connectivity index (χ2n) is 9.23. The van der Waals surface area contributed by atoms with Gasteiger partial charge in [-0.25, -0.2) is 4.98 Å². The molecule has 1 aliphatic carbocycles. The van der Waals surface area contributed by atoms with E-state index in [1.807, 2.05) is 13.8 Å². The summed E-state index contributed by atoms with van der Waals surface area (Å²) >= 11 is 1.18. The van der Waals surface area contributed by atoms with Crippen LogP contribution in [0.15, 0.2) is 24.4 Å². The number of imide groups is 1. The van der Waals surface area contributed by atoms with E-state index in [-0.39, 0.29) is 58.0 Å². The quantitative estimate of drug-likeness (QED) is 0.560.